The van der Waals surface area contributed by atoms with Crippen LogP contribution in [0.1, 0.15) is 37.7 Å². The molecule has 1 saturated carbocycles. The van der Waals surface area contributed by atoms with Crippen molar-refractivity contribution >= 4 is 12.0 Å². The van der Waals surface area contributed by atoms with Crippen LogP contribution < -0.4 is 5.32 Å². The fraction of sp³-hybridized carbons (Fsp3) is 0.583. The van der Waals surface area contributed by atoms with Gasteiger partial charge in [-0.25, -0.2) is 9.97 Å². The Morgan fingerprint density at radius 1 is 1.38 bits per heavy atom. The zero-order chi connectivity index (χ0) is 11.2. The average molecular weight is 218 g/mol. The molecular formula is C12H18N4. The lowest BCUT2D eigenvalue weighted by molar-refractivity contribution is 0.462. The molecule has 1 aliphatic carbocycles. The Morgan fingerprint density at radius 3 is 2.94 bits per heavy atom. The molecule has 0 aliphatic heterocycles. The molecular weight excluding hydrogens is 200 g/mol. The van der Waals surface area contributed by atoms with E-state index in [1.807, 2.05) is 0 Å². The van der Waals surface area contributed by atoms with Gasteiger partial charge in [-0.2, -0.15) is 0 Å². The molecule has 0 atom stereocenters. The van der Waals surface area contributed by atoms with Crippen LogP contribution in [0, 0.1) is 0 Å². The second kappa shape index (κ2) is 5.58. The van der Waals surface area contributed by atoms with Gasteiger partial charge in [-0.15, -0.1) is 0 Å². The van der Waals surface area contributed by atoms with Crippen molar-refractivity contribution < 1.29 is 0 Å². The van der Waals surface area contributed by atoms with Gasteiger partial charge < -0.3 is 5.32 Å². The molecule has 1 aliphatic rings. The Labute approximate surface area is 96.2 Å². The molecule has 1 N–H and O–H groups in total. The summed E-state index contributed by atoms with van der Waals surface area (Å²) in [5, 5.41) is 3.49. The molecule has 0 bridgehead atoms. The third-order valence-corrected chi connectivity index (χ3v) is 2.95. The monoisotopic (exact) mass is 218 g/mol. The highest BCUT2D eigenvalue weighted by molar-refractivity contribution is 5.85. The van der Waals surface area contributed by atoms with E-state index in [2.05, 4.69) is 20.3 Å². The molecule has 16 heavy (non-hydrogen) atoms. The van der Waals surface area contributed by atoms with Gasteiger partial charge in [0.05, 0.1) is 5.56 Å². The number of anilines is 1. The molecule has 1 aromatic heterocycles. The van der Waals surface area contributed by atoms with Crippen molar-refractivity contribution in [1.82, 2.24) is 9.97 Å². The van der Waals surface area contributed by atoms with Crippen LogP contribution in [0.5, 0.6) is 0 Å². The van der Waals surface area contributed by atoms with Crippen molar-refractivity contribution in [3.8, 4) is 0 Å². The summed E-state index contributed by atoms with van der Waals surface area (Å²) in [5.74, 6) is 0.910. The molecule has 2 rings (SSSR count). The third kappa shape index (κ3) is 2.78. The number of rotatable bonds is 3. The lowest BCUT2D eigenvalue weighted by Crippen LogP contribution is -2.23. The Morgan fingerprint density at radius 2 is 2.19 bits per heavy atom. The molecule has 0 unspecified atom stereocenters. The predicted molar refractivity (Wildman–Crippen MR) is 66.0 cm³/mol. The summed E-state index contributed by atoms with van der Waals surface area (Å²) in [6.07, 6.45) is 11.7. The fourth-order valence-electron chi connectivity index (χ4n) is 2.13. The van der Waals surface area contributed by atoms with Gasteiger partial charge in [-0.05, 0) is 12.8 Å². The van der Waals surface area contributed by atoms with Gasteiger partial charge in [0.2, 0.25) is 0 Å². The first-order valence-electron chi connectivity index (χ1n) is 5.89. The van der Waals surface area contributed by atoms with E-state index < -0.39 is 0 Å². The van der Waals surface area contributed by atoms with E-state index in [9.17, 15) is 0 Å². The van der Waals surface area contributed by atoms with Crippen molar-refractivity contribution in [2.45, 2.75) is 38.1 Å². The van der Waals surface area contributed by atoms with E-state index in [1.54, 1.807) is 25.8 Å². The molecule has 0 aromatic carbocycles. The van der Waals surface area contributed by atoms with Crippen LogP contribution in [0.4, 0.5) is 5.82 Å². The Kier molecular flexibility index (Phi) is 3.86. The molecule has 0 spiro atoms. The lowest BCUT2D eigenvalue weighted by atomic mass is 9.95. The van der Waals surface area contributed by atoms with Crippen molar-refractivity contribution in [1.29, 1.82) is 0 Å². The average Bonchev–Trinajstić information content (AvgIpc) is 2.33. The summed E-state index contributed by atoms with van der Waals surface area (Å²) in [4.78, 5) is 12.3. The SMILES string of the molecule is CN=Cc1cncnc1NC1CCCCC1. The minimum Gasteiger partial charge on any atom is -0.367 e. The van der Waals surface area contributed by atoms with Gasteiger partial charge in [0.15, 0.2) is 0 Å². The van der Waals surface area contributed by atoms with Crippen LogP contribution in [-0.2, 0) is 0 Å². The van der Waals surface area contributed by atoms with E-state index in [-0.39, 0.29) is 0 Å². The zero-order valence-corrected chi connectivity index (χ0v) is 9.69. The first kappa shape index (κ1) is 11.0. The summed E-state index contributed by atoms with van der Waals surface area (Å²) >= 11 is 0. The Bertz CT molecular complexity index is 356. The highest BCUT2D eigenvalue weighted by Crippen LogP contribution is 2.21. The van der Waals surface area contributed by atoms with Crippen LogP contribution in [0.2, 0.25) is 0 Å². The normalized spacial score (nSPS) is 17.8. The van der Waals surface area contributed by atoms with Crippen LogP contribution in [-0.4, -0.2) is 29.3 Å². The summed E-state index contributed by atoms with van der Waals surface area (Å²) in [5.41, 5.74) is 0.968. The maximum absolute atomic E-state index is 4.28. The van der Waals surface area contributed by atoms with E-state index in [0.717, 1.165) is 11.4 Å². The topological polar surface area (TPSA) is 50.2 Å². The van der Waals surface area contributed by atoms with Gasteiger partial charge >= 0.3 is 0 Å². The first-order valence-corrected chi connectivity index (χ1v) is 5.89. The van der Waals surface area contributed by atoms with E-state index >= 15 is 0 Å². The standard InChI is InChI=1S/C12H18N4/c1-13-7-10-8-14-9-15-12(10)16-11-5-3-2-4-6-11/h7-9,11H,2-6H2,1H3,(H,14,15,16). The maximum Gasteiger partial charge on any atom is 0.138 e. The lowest BCUT2D eigenvalue weighted by Gasteiger charge is -2.23. The zero-order valence-electron chi connectivity index (χ0n) is 9.69. The molecule has 1 heterocycles. The number of aromatic nitrogens is 2. The van der Waals surface area contributed by atoms with Gasteiger partial charge in [0.25, 0.3) is 0 Å². The van der Waals surface area contributed by atoms with Crippen LogP contribution in [0.3, 0.4) is 0 Å². The maximum atomic E-state index is 4.28. The van der Waals surface area contributed by atoms with E-state index in [1.165, 1.54) is 32.1 Å². The Hall–Kier alpha value is -1.45. The molecule has 0 amide bonds. The van der Waals surface area contributed by atoms with Crippen molar-refractivity contribution in [3.63, 3.8) is 0 Å². The van der Waals surface area contributed by atoms with Crippen LogP contribution in [0.15, 0.2) is 17.5 Å². The molecule has 1 fully saturated rings. The van der Waals surface area contributed by atoms with Crippen molar-refractivity contribution in [2.75, 3.05) is 12.4 Å². The second-order valence-corrected chi connectivity index (χ2v) is 4.19. The quantitative estimate of drug-likeness (QED) is 0.792. The van der Waals surface area contributed by atoms with Gasteiger partial charge in [0, 0.05) is 25.5 Å². The van der Waals surface area contributed by atoms with Crippen molar-refractivity contribution in [2.24, 2.45) is 4.99 Å². The minimum atomic E-state index is 0.563. The molecule has 86 valence electrons. The minimum absolute atomic E-state index is 0.563. The molecule has 4 heteroatoms. The van der Waals surface area contributed by atoms with Crippen LogP contribution >= 0.6 is 0 Å². The molecule has 0 saturated heterocycles. The molecule has 0 radical (unpaired) electrons. The highest BCUT2D eigenvalue weighted by Gasteiger charge is 2.14. The van der Waals surface area contributed by atoms with E-state index in [0.29, 0.717) is 6.04 Å². The largest absolute Gasteiger partial charge is 0.367 e. The van der Waals surface area contributed by atoms with Gasteiger partial charge in [-0.1, -0.05) is 19.3 Å². The fourth-order valence-corrected chi connectivity index (χ4v) is 2.13. The van der Waals surface area contributed by atoms with Gasteiger partial charge in [0.1, 0.15) is 12.1 Å². The van der Waals surface area contributed by atoms with Crippen LogP contribution in [0.25, 0.3) is 0 Å². The molecule has 1 aromatic rings. The van der Waals surface area contributed by atoms with E-state index in [4.69, 9.17) is 0 Å². The summed E-state index contributed by atoms with van der Waals surface area (Å²) in [6, 6.07) is 0.563. The summed E-state index contributed by atoms with van der Waals surface area (Å²) in [7, 11) is 1.76. The number of hydrogen-bond acceptors (Lipinski definition) is 4. The number of hydrogen-bond donors (Lipinski definition) is 1. The number of nitrogens with one attached hydrogen (secondary N) is 1. The Balaban J connectivity index is 2.07. The highest BCUT2D eigenvalue weighted by atomic mass is 15.0. The summed E-state index contributed by atoms with van der Waals surface area (Å²) in [6.45, 7) is 0. The van der Waals surface area contributed by atoms with Gasteiger partial charge in [-0.3, -0.25) is 4.99 Å². The third-order valence-electron chi connectivity index (χ3n) is 2.95. The predicted octanol–water partition coefficient (Wildman–Crippen LogP) is 2.27. The van der Waals surface area contributed by atoms with Crippen molar-refractivity contribution in [3.05, 3.63) is 18.1 Å². The summed E-state index contributed by atoms with van der Waals surface area (Å²) < 4.78 is 0. The second-order valence-electron chi connectivity index (χ2n) is 4.19. The number of nitrogens with zero attached hydrogens (tertiary/aromatic N) is 3. The molecule has 4 nitrogen and oxygen atoms in total. The first-order chi connectivity index (χ1) is 7.90. The smallest absolute Gasteiger partial charge is 0.138 e. The number of aliphatic imine (C=N–C) groups is 1.